The fraction of sp³-hybridized carbons (Fsp3) is 0.500. The summed E-state index contributed by atoms with van der Waals surface area (Å²) in [6.07, 6.45) is 1.80. The second-order valence-electron chi connectivity index (χ2n) is 10.5. The Morgan fingerprint density at radius 1 is 1.00 bits per heavy atom. The lowest BCUT2D eigenvalue weighted by molar-refractivity contribution is -0.145. The summed E-state index contributed by atoms with van der Waals surface area (Å²) >= 11 is 0. The third-order valence-electron chi connectivity index (χ3n) is 6.16. The average molecular weight is 526 g/mol. The van der Waals surface area contributed by atoms with Crippen molar-refractivity contribution in [2.45, 2.75) is 91.0 Å². The van der Waals surface area contributed by atoms with Crippen LogP contribution in [0.1, 0.15) is 78.0 Å². The van der Waals surface area contributed by atoms with E-state index in [4.69, 9.17) is 4.74 Å². The number of hydrogen-bond acceptors (Lipinski definition) is 5. The van der Waals surface area contributed by atoms with E-state index in [1.165, 1.54) is 12.1 Å². The number of carbonyl (C=O) groups is 3. The van der Waals surface area contributed by atoms with Gasteiger partial charge in [-0.15, -0.1) is 0 Å². The van der Waals surface area contributed by atoms with E-state index in [2.05, 4.69) is 10.6 Å². The lowest BCUT2D eigenvalue weighted by atomic mass is 9.98. The molecule has 0 spiro atoms. The third kappa shape index (κ3) is 9.39. The predicted molar refractivity (Wildman–Crippen MR) is 149 cm³/mol. The summed E-state index contributed by atoms with van der Waals surface area (Å²) in [4.78, 5) is 42.2. The molecule has 0 aliphatic rings. The number of rotatable bonds is 12. The van der Waals surface area contributed by atoms with E-state index in [0.29, 0.717) is 18.5 Å². The van der Waals surface area contributed by atoms with Crippen LogP contribution in [0, 0.1) is 0 Å². The highest BCUT2D eigenvalue weighted by atomic mass is 16.6. The molecule has 0 aromatic heterocycles. The summed E-state index contributed by atoms with van der Waals surface area (Å²) in [5, 5.41) is 15.4. The average Bonchev–Trinajstić information content (AvgIpc) is 2.86. The number of phenolic OH excluding ortho intramolecular Hbond substituents is 1. The first kappa shape index (κ1) is 30.7. The molecule has 208 valence electrons. The molecule has 2 aromatic rings. The zero-order chi connectivity index (χ0) is 28.3. The van der Waals surface area contributed by atoms with Gasteiger partial charge in [0.05, 0.1) is 0 Å². The molecule has 3 atom stereocenters. The molecule has 8 heteroatoms. The maximum absolute atomic E-state index is 14.3. The quantitative estimate of drug-likeness (QED) is 0.334. The number of hydrogen-bond donors (Lipinski definition) is 3. The summed E-state index contributed by atoms with van der Waals surface area (Å²) in [6.45, 7) is 11.7. The lowest BCUT2D eigenvalue weighted by Gasteiger charge is -2.38. The van der Waals surface area contributed by atoms with Crippen LogP contribution in [0.15, 0.2) is 54.6 Å². The summed E-state index contributed by atoms with van der Waals surface area (Å²) in [5.41, 5.74) is 0.680. The topological polar surface area (TPSA) is 108 Å². The van der Waals surface area contributed by atoms with Crippen LogP contribution in [0.25, 0.3) is 0 Å². The van der Waals surface area contributed by atoms with Crippen molar-refractivity contribution >= 4 is 17.9 Å². The molecule has 2 rings (SSSR count). The summed E-state index contributed by atoms with van der Waals surface area (Å²) in [6, 6.07) is 13.5. The van der Waals surface area contributed by atoms with Gasteiger partial charge in [0.2, 0.25) is 11.8 Å². The minimum atomic E-state index is -1.00. The van der Waals surface area contributed by atoms with Crippen molar-refractivity contribution in [3.8, 4) is 5.75 Å². The van der Waals surface area contributed by atoms with E-state index in [-0.39, 0.29) is 24.1 Å². The maximum atomic E-state index is 14.3. The van der Waals surface area contributed by atoms with Crippen molar-refractivity contribution in [2.75, 3.05) is 6.54 Å². The third-order valence-corrected chi connectivity index (χ3v) is 6.16. The molecule has 0 bridgehead atoms. The monoisotopic (exact) mass is 525 g/mol. The van der Waals surface area contributed by atoms with Crippen molar-refractivity contribution in [1.82, 2.24) is 15.5 Å². The number of benzene rings is 2. The Hall–Kier alpha value is -3.55. The van der Waals surface area contributed by atoms with Crippen LogP contribution in [0.5, 0.6) is 5.75 Å². The number of aromatic hydroxyl groups is 1. The predicted octanol–water partition coefficient (Wildman–Crippen LogP) is 5.11. The number of unbranched alkanes of at least 4 members (excludes halogenated alkanes) is 1. The van der Waals surface area contributed by atoms with E-state index >= 15 is 0 Å². The molecule has 0 radical (unpaired) electrons. The molecule has 0 fully saturated rings. The van der Waals surface area contributed by atoms with Gasteiger partial charge in [-0.1, -0.05) is 62.7 Å². The first-order chi connectivity index (χ1) is 18.0. The number of ether oxygens (including phenoxy) is 1. The van der Waals surface area contributed by atoms with Gasteiger partial charge in [0.15, 0.2) is 0 Å². The van der Waals surface area contributed by atoms with Gasteiger partial charge in [-0.25, -0.2) is 4.79 Å². The van der Waals surface area contributed by atoms with Crippen molar-refractivity contribution in [3.05, 3.63) is 65.7 Å². The summed E-state index contributed by atoms with van der Waals surface area (Å²) in [7, 11) is 0. The highest BCUT2D eigenvalue weighted by Gasteiger charge is 2.38. The molecule has 0 aliphatic carbocycles. The molecular formula is C30H43N3O5. The van der Waals surface area contributed by atoms with Crippen molar-refractivity contribution in [1.29, 1.82) is 0 Å². The normalized spacial score (nSPS) is 13.6. The van der Waals surface area contributed by atoms with E-state index in [1.54, 1.807) is 37.8 Å². The lowest BCUT2D eigenvalue weighted by Crippen LogP contribution is -2.56. The number of nitrogens with one attached hydrogen (secondary N) is 2. The van der Waals surface area contributed by atoms with Gasteiger partial charge in [-0.05, 0) is 63.8 Å². The van der Waals surface area contributed by atoms with Crippen LogP contribution in [0.3, 0.4) is 0 Å². The Morgan fingerprint density at radius 3 is 2.18 bits per heavy atom. The van der Waals surface area contributed by atoms with E-state index in [1.807, 2.05) is 51.1 Å². The summed E-state index contributed by atoms with van der Waals surface area (Å²) in [5.74, 6) is -0.553. The van der Waals surface area contributed by atoms with Crippen LogP contribution in [0.4, 0.5) is 4.79 Å². The Kier molecular flexibility index (Phi) is 11.6. The van der Waals surface area contributed by atoms with Crippen LogP contribution >= 0.6 is 0 Å². The molecule has 8 nitrogen and oxygen atoms in total. The van der Waals surface area contributed by atoms with Crippen molar-refractivity contribution < 1.29 is 24.2 Å². The molecule has 0 saturated carbocycles. The minimum absolute atomic E-state index is 0.103. The number of phenols is 1. The first-order valence-electron chi connectivity index (χ1n) is 13.4. The number of nitrogens with zero attached hydrogens (tertiary/aromatic N) is 1. The molecule has 2 aromatic carbocycles. The van der Waals surface area contributed by atoms with Crippen LogP contribution in [0.2, 0.25) is 0 Å². The molecular weight excluding hydrogens is 482 g/mol. The molecule has 0 aliphatic heterocycles. The van der Waals surface area contributed by atoms with Gasteiger partial charge in [0.25, 0.3) is 0 Å². The van der Waals surface area contributed by atoms with Gasteiger partial charge < -0.3 is 25.4 Å². The molecule has 0 heterocycles. The number of carbonyl (C=O) groups excluding carboxylic acids is 3. The highest BCUT2D eigenvalue weighted by Crippen LogP contribution is 2.27. The highest BCUT2D eigenvalue weighted by molar-refractivity contribution is 5.92. The Bertz CT molecular complexity index is 1030. The van der Waals surface area contributed by atoms with E-state index < -0.39 is 29.7 Å². The van der Waals surface area contributed by atoms with Gasteiger partial charge in [-0.3, -0.25) is 9.59 Å². The molecule has 3 N–H and O–H groups in total. The second kappa shape index (κ2) is 14.4. The Balaban J connectivity index is 2.52. The fourth-order valence-electron chi connectivity index (χ4n) is 4.05. The van der Waals surface area contributed by atoms with E-state index in [0.717, 1.165) is 18.4 Å². The van der Waals surface area contributed by atoms with Gasteiger partial charge in [0.1, 0.15) is 23.4 Å². The SMILES string of the molecule is CCCCNC(=O)C(c1ccccc1)N(C(=O)C(Cc1ccc(O)cc1)NC(=O)OC(C)(C)C)C(C)CC. The number of alkyl carbamates (subject to hydrolysis) is 1. The van der Waals surface area contributed by atoms with Crippen molar-refractivity contribution in [3.63, 3.8) is 0 Å². The largest absolute Gasteiger partial charge is 0.508 e. The van der Waals surface area contributed by atoms with Crippen molar-refractivity contribution in [2.24, 2.45) is 0 Å². The Labute approximate surface area is 226 Å². The molecule has 3 amide bonds. The molecule has 3 unspecified atom stereocenters. The van der Waals surface area contributed by atoms with Crippen LogP contribution < -0.4 is 10.6 Å². The van der Waals surface area contributed by atoms with E-state index in [9.17, 15) is 19.5 Å². The standard InChI is InChI=1S/C30H43N3O5/c1-7-9-19-31-27(35)26(23-13-11-10-12-14-23)33(21(3)8-2)28(36)25(32-29(37)38-30(4,5)6)20-22-15-17-24(34)18-16-22/h10-18,21,25-26,34H,7-9,19-20H2,1-6H3,(H,31,35)(H,32,37). The molecule has 38 heavy (non-hydrogen) atoms. The Morgan fingerprint density at radius 2 is 1.63 bits per heavy atom. The minimum Gasteiger partial charge on any atom is -0.508 e. The zero-order valence-electron chi connectivity index (χ0n) is 23.5. The van der Waals surface area contributed by atoms with Gasteiger partial charge in [0, 0.05) is 19.0 Å². The van der Waals surface area contributed by atoms with Gasteiger partial charge in [-0.2, -0.15) is 0 Å². The zero-order valence-corrected chi connectivity index (χ0v) is 23.5. The fourth-order valence-corrected chi connectivity index (χ4v) is 4.05. The molecule has 0 saturated heterocycles. The summed E-state index contributed by atoms with van der Waals surface area (Å²) < 4.78 is 5.46. The smallest absolute Gasteiger partial charge is 0.408 e. The van der Waals surface area contributed by atoms with Crippen LogP contribution in [-0.2, 0) is 20.7 Å². The van der Waals surface area contributed by atoms with Gasteiger partial charge >= 0.3 is 6.09 Å². The second-order valence-corrected chi connectivity index (χ2v) is 10.5. The van der Waals surface area contributed by atoms with Crippen LogP contribution in [-0.4, -0.2) is 52.1 Å². The number of amides is 3. The first-order valence-corrected chi connectivity index (χ1v) is 13.4. The maximum Gasteiger partial charge on any atom is 0.408 e.